The molecule has 4 nitrogen and oxygen atoms in total. The van der Waals surface area contributed by atoms with Crippen LogP contribution < -0.4 is 0 Å². The standard InChI is InChI=1S/C8H10INO3S/c1-8(9)3-14-5-2-4(11)10(5)6(8)7(12)13/h5-6H,2-3H2,1H3,(H,12,13)/t5-,6?,8?/m0/s1. The summed E-state index contributed by atoms with van der Waals surface area (Å²) in [6, 6.07) is -0.657. The van der Waals surface area contributed by atoms with E-state index in [4.69, 9.17) is 5.11 Å². The van der Waals surface area contributed by atoms with Crippen LogP contribution in [0.3, 0.4) is 0 Å². The number of nitrogens with zero attached hydrogens (tertiary/aromatic N) is 1. The Morgan fingerprint density at radius 1 is 1.79 bits per heavy atom. The zero-order valence-corrected chi connectivity index (χ0v) is 10.5. The highest BCUT2D eigenvalue weighted by Gasteiger charge is 2.55. The van der Waals surface area contributed by atoms with Crippen molar-refractivity contribution >= 4 is 46.2 Å². The van der Waals surface area contributed by atoms with Gasteiger partial charge in [-0.1, -0.05) is 22.6 Å². The number of carbonyl (C=O) groups excluding carboxylic acids is 1. The number of thioether (sulfide) groups is 1. The van der Waals surface area contributed by atoms with Crippen LogP contribution in [-0.2, 0) is 9.59 Å². The van der Waals surface area contributed by atoms with E-state index in [2.05, 4.69) is 22.6 Å². The Kier molecular flexibility index (Phi) is 2.45. The molecule has 0 aromatic rings. The molecule has 0 aromatic heterocycles. The van der Waals surface area contributed by atoms with Gasteiger partial charge in [0, 0.05) is 5.75 Å². The van der Waals surface area contributed by atoms with E-state index in [1.807, 2.05) is 6.92 Å². The second-order valence-electron chi connectivity index (χ2n) is 3.79. The fourth-order valence-corrected chi connectivity index (χ4v) is 4.30. The minimum atomic E-state index is -0.889. The van der Waals surface area contributed by atoms with Crippen molar-refractivity contribution in [2.75, 3.05) is 5.75 Å². The Balaban J connectivity index is 2.28. The Morgan fingerprint density at radius 2 is 2.43 bits per heavy atom. The number of amides is 1. The molecule has 0 saturated carbocycles. The third-order valence-corrected chi connectivity index (χ3v) is 5.62. The normalized spacial score (nSPS) is 41.6. The summed E-state index contributed by atoms with van der Waals surface area (Å²) in [5, 5.41) is 9.21. The summed E-state index contributed by atoms with van der Waals surface area (Å²) in [5.74, 6) is -0.128. The molecule has 3 atom stereocenters. The lowest BCUT2D eigenvalue weighted by atomic mass is 9.97. The van der Waals surface area contributed by atoms with Crippen LogP contribution >= 0.6 is 34.4 Å². The molecular weight excluding hydrogens is 317 g/mol. The van der Waals surface area contributed by atoms with E-state index in [1.54, 1.807) is 11.8 Å². The minimum Gasteiger partial charge on any atom is -0.480 e. The maximum absolute atomic E-state index is 11.3. The second kappa shape index (κ2) is 3.26. The molecule has 1 N–H and O–H groups in total. The molecule has 2 fully saturated rings. The number of halogens is 1. The summed E-state index contributed by atoms with van der Waals surface area (Å²) in [7, 11) is 0. The average Bonchev–Trinajstić information content (AvgIpc) is 2.05. The zero-order chi connectivity index (χ0) is 10.5. The highest BCUT2D eigenvalue weighted by Crippen LogP contribution is 2.45. The van der Waals surface area contributed by atoms with Crippen LogP contribution in [0, 0.1) is 0 Å². The summed E-state index contributed by atoms with van der Waals surface area (Å²) >= 11 is 3.82. The van der Waals surface area contributed by atoms with Crippen molar-refractivity contribution < 1.29 is 14.7 Å². The summed E-state index contributed by atoms with van der Waals surface area (Å²) < 4.78 is -0.360. The molecule has 0 radical (unpaired) electrons. The van der Waals surface area contributed by atoms with Crippen molar-refractivity contribution in [2.45, 2.75) is 28.2 Å². The molecule has 6 heteroatoms. The van der Waals surface area contributed by atoms with Crippen LogP contribution in [0.4, 0.5) is 0 Å². The van der Waals surface area contributed by atoms with Gasteiger partial charge in [0.2, 0.25) is 5.91 Å². The first-order valence-electron chi connectivity index (χ1n) is 4.28. The largest absolute Gasteiger partial charge is 0.480 e. The number of hydrogen-bond acceptors (Lipinski definition) is 3. The molecule has 0 aromatic carbocycles. The molecule has 78 valence electrons. The molecule has 2 unspecified atom stereocenters. The van der Waals surface area contributed by atoms with Crippen molar-refractivity contribution in [3.8, 4) is 0 Å². The molecule has 1 amide bonds. The number of fused-ring (bicyclic) bond motifs is 1. The molecule has 14 heavy (non-hydrogen) atoms. The van der Waals surface area contributed by atoms with Crippen LogP contribution in [-0.4, -0.2) is 42.5 Å². The fourth-order valence-electron chi connectivity index (χ4n) is 1.86. The maximum atomic E-state index is 11.3. The van der Waals surface area contributed by atoms with Crippen molar-refractivity contribution in [1.82, 2.24) is 4.90 Å². The first-order chi connectivity index (χ1) is 6.43. The maximum Gasteiger partial charge on any atom is 0.327 e. The van der Waals surface area contributed by atoms with E-state index in [0.717, 1.165) is 5.75 Å². The third-order valence-electron chi connectivity index (χ3n) is 2.59. The highest BCUT2D eigenvalue weighted by atomic mass is 127. The van der Waals surface area contributed by atoms with E-state index >= 15 is 0 Å². The van der Waals surface area contributed by atoms with E-state index in [0.29, 0.717) is 6.42 Å². The van der Waals surface area contributed by atoms with E-state index in [1.165, 1.54) is 4.90 Å². The third kappa shape index (κ3) is 1.42. The lowest BCUT2D eigenvalue weighted by Gasteiger charge is -2.52. The lowest BCUT2D eigenvalue weighted by molar-refractivity contribution is -0.159. The molecule has 0 bridgehead atoms. The lowest BCUT2D eigenvalue weighted by Crippen LogP contribution is -2.67. The van der Waals surface area contributed by atoms with Gasteiger partial charge in [-0.15, -0.1) is 11.8 Å². The molecular formula is C8H10INO3S. The Labute approximate surface area is 99.5 Å². The van der Waals surface area contributed by atoms with Crippen LogP contribution in [0.5, 0.6) is 0 Å². The van der Waals surface area contributed by atoms with E-state index in [9.17, 15) is 9.59 Å². The molecule has 0 aliphatic carbocycles. The SMILES string of the molecule is CC1(I)CS[C@H]2CC(=O)N2C1C(=O)O. The van der Waals surface area contributed by atoms with Crippen molar-refractivity contribution in [3.05, 3.63) is 0 Å². The fraction of sp³-hybridized carbons (Fsp3) is 0.750. The predicted octanol–water partition coefficient (Wildman–Crippen LogP) is 0.939. The Hall–Kier alpha value is 0.0200. The van der Waals surface area contributed by atoms with E-state index in [-0.39, 0.29) is 14.7 Å². The second-order valence-corrected chi connectivity index (χ2v) is 7.42. The number of rotatable bonds is 1. The van der Waals surface area contributed by atoms with Crippen molar-refractivity contribution in [3.63, 3.8) is 0 Å². The average molecular weight is 327 g/mol. The summed E-state index contributed by atoms with van der Waals surface area (Å²) in [6.45, 7) is 1.89. The molecule has 2 rings (SSSR count). The van der Waals surface area contributed by atoms with Gasteiger partial charge in [-0.3, -0.25) is 4.79 Å². The Bertz CT molecular complexity index is 307. The number of hydrogen-bond donors (Lipinski definition) is 1. The van der Waals surface area contributed by atoms with Crippen LogP contribution in [0.1, 0.15) is 13.3 Å². The molecule has 2 aliphatic heterocycles. The molecule has 2 heterocycles. The number of carbonyl (C=O) groups is 2. The van der Waals surface area contributed by atoms with Crippen LogP contribution in [0.15, 0.2) is 0 Å². The van der Waals surface area contributed by atoms with Gasteiger partial charge in [-0.2, -0.15) is 0 Å². The van der Waals surface area contributed by atoms with Gasteiger partial charge in [0.05, 0.1) is 15.2 Å². The van der Waals surface area contributed by atoms with Crippen molar-refractivity contribution in [1.29, 1.82) is 0 Å². The summed E-state index contributed by atoms with van der Waals surface area (Å²) in [4.78, 5) is 23.9. The topological polar surface area (TPSA) is 57.6 Å². The molecule has 0 spiro atoms. The van der Waals surface area contributed by atoms with Gasteiger partial charge >= 0.3 is 5.97 Å². The van der Waals surface area contributed by atoms with Gasteiger partial charge in [0.25, 0.3) is 0 Å². The number of carboxylic acids is 1. The van der Waals surface area contributed by atoms with Gasteiger partial charge in [0.1, 0.15) is 6.04 Å². The number of alkyl halides is 1. The number of β-lactam (4-membered cyclic amide) rings is 1. The monoisotopic (exact) mass is 327 g/mol. The zero-order valence-electron chi connectivity index (χ0n) is 7.57. The molecule has 2 saturated heterocycles. The highest BCUT2D eigenvalue weighted by molar-refractivity contribution is 14.1. The van der Waals surface area contributed by atoms with Gasteiger partial charge in [0.15, 0.2) is 0 Å². The van der Waals surface area contributed by atoms with Crippen molar-refractivity contribution in [2.24, 2.45) is 0 Å². The quantitative estimate of drug-likeness (QED) is 0.442. The summed E-state index contributed by atoms with van der Waals surface area (Å²) in [5.41, 5.74) is 0. The summed E-state index contributed by atoms with van der Waals surface area (Å²) in [6.07, 6.45) is 0.501. The van der Waals surface area contributed by atoms with E-state index < -0.39 is 12.0 Å². The minimum absolute atomic E-state index is 0.0301. The number of aliphatic carboxylic acids is 1. The van der Waals surface area contributed by atoms with Gasteiger partial charge < -0.3 is 10.0 Å². The molecule has 2 aliphatic rings. The van der Waals surface area contributed by atoms with Crippen LogP contribution in [0.25, 0.3) is 0 Å². The van der Waals surface area contributed by atoms with Crippen LogP contribution in [0.2, 0.25) is 0 Å². The van der Waals surface area contributed by atoms with Gasteiger partial charge in [-0.05, 0) is 6.92 Å². The van der Waals surface area contributed by atoms with Gasteiger partial charge in [-0.25, -0.2) is 4.79 Å². The number of carboxylic acid groups (broad SMARTS) is 1. The smallest absolute Gasteiger partial charge is 0.327 e. The first kappa shape index (κ1) is 10.5. The first-order valence-corrected chi connectivity index (χ1v) is 6.41. The predicted molar refractivity (Wildman–Crippen MR) is 61.6 cm³/mol. The Morgan fingerprint density at radius 3 is 2.86 bits per heavy atom.